The minimum absolute atomic E-state index is 0.0436. The van der Waals surface area contributed by atoms with Crippen molar-refractivity contribution in [1.29, 1.82) is 0 Å². The molecule has 2 aromatic carbocycles. The second kappa shape index (κ2) is 7.32. The molecule has 0 unspecified atom stereocenters. The smallest absolute Gasteiger partial charge is 0.192 e. The molecule has 2 heterocycles. The fourth-order valence-electron chi connectivity index (χ4n) is 3.70. The van der Waals surface area contributed by atoms with Gasteiger partial charge in [-0.1, -0.05) is 18.2 Å². The van der Waals surface area contributed by atoms with E-state index in [-0.39, 0.29) is 5.43 Å². The largest absolute Gasteiger partial charge is 0.487 e. The summed E-state index contributed by atoms with van der Waals surface area (Å²) in [7, 11) is 0. The minimum Gasteiger partial charge on any atom is -0.487 e. The van der Waals surface area contributed by atoms with Crippen LogP contribution in [0.2, 0.25) is 0 Å². The van der Waals surface area contributed by atoms with Crippen LogP contribution in [0, 0.1) is 6.92 Å². The van der Waals surface area contributed by atoms with Gasteiger partial charge in [-0.25, -0.2) is 0 Å². The lowest BCUT2D eigenvalue weighted by Crippen LogP contribution is -2.42. The molecule has 146 valence electrons. The number of pyridine rings is 1. The van der Waals surface area contributed by atoms with Gasteiger partial charge in [0.25, 0.3) is 0 Å². The van der Waals surface area contributed by atoms with E-state index in [2.05, 4.69) is 16.0 Å². The molecule has 1 aliphatic rings. The van der Waals surface area contributed by atoms with Crippen LogP contribution in [0.1, 0.15) is 31.0 Å². The number of piperidine rings is 1. The summed E-state index contributed by atoms with van der Waals surface area (Å²) in [5, 5.41) is 10.8. The third kappa shape index (κ3) is 3.76. The van der Waals surface area contributed by atoms with Gasteiger partial charge in [-0.3, -0.25) is 4.79 Å². The average molecular weight is 378 g/mol. The lowest BCUT2D eigenvalue weighted by atomic mass is 9.93. The minimum atomic E-state index is -0.565. The van der Waals surface area contributed by atoms with E-state index in [9.17, 15) is 9.90 Å². The fourth-order valence-corrected chi connectivity index (χ4v) is 3.70. The van der Waals surface area contributed by atoms with Crippen molar-refractivity contribution in [1.82, 2.24) is 4.98 Å². The van der Waals surface area contributed by atoms with Crippen molar-refractivity contribution in [3.63, 3.8) is 0 Å². The molecule has 28 heavy (non-hydrogen) atoms. The Kier molecular flexibility index (Phi) is 4.85. The number of aromatic amines is 1. The summed E-state index contributed by atoms with van der Waals surface area (Å²) in [4.78, 5) is 18.2. The Morgan fingerprint density at radius 2 is 1.89 bits per heavy atom. The molecule has 0 aliphatic carbocycles. The summed E-state index contributed by atoms with van der Waals surface area (Å²) in [5.41, 5.74) is 2.88. The topological polar surface area (TPSA) is 65.6 Å². The van der Waals surface area contributed by atoms with Crippen molar-refractivity contribution in [3.05, 3.63) is 70.0 Å². The molecular weight excluding hydrogens is 352 g/mol. The number of hydrogen-bond acceptors (Lipinski definition) is 4. The summed E-state index contributed by atoms with van der Waals surface area (Å²) in [6.07, 6.45) is 1.52. The number of rotatable bonds is 4. The Morgan fingerprint density at radius 3 is 2.68 bits per heavy atom. The molecule has 5 heteroatoms. The van der Waals surface area contributed by atoms with Crippen LogP contribution >= 0.6 is 0 Å². The van der Waals surface area contributed by atoms with Gasteiger partial charge < -0.3 is 19.7 Å². The van der Waals surface area contributed by atoms with Crippen LogP contribution in [-0.2, 0) is 6.61 Å². The molecule has 0 atom stereocenters. The van der Waals surface area contributed by atoms with Crippen LogP contribution in [0.4, 0.5) is 5.69 Å². The second-order valence-corrected chi connectivity index (χ2v) is 7.87. The summed E-state index contributed by atoms with van der Waals surface area (Å²) < 4.78 is 6.00. The lowest BCUT2D eigenvalue weighted by molar-refractivity contribution is 0.0351. The zero-order valence-electron chi connectivity index (χ0n) is 16.4. The van der Waals surface area contributed by atoms with E-state index in [4.69, 9.17) is 4.74 Å². The molecular formula is C23H26N2O3. The lowest BCUT2D eigenvalue weighted by Gasteiger charge is -2.37. The molecule has 5 nitrogen and oxygen atoms in total. The highest BCUT2D eigenvalue weighted by atomic mass is 16.5. The predicted molar refractivity (Wildman–Crippen MR) is 112 cm³/mol. The van der Waals surface area contributed by atoms with Crippen molar-refractivity contribution in [3.8, 4) is 5.75 Å². The van der Waals surface area contributed by atoms with Gasteiger partial charge in [0, 0.05) is 41.3 Å². The fraction of sp³-hybridized carbons (Fsp3) is 0.348. The Morgan fingerprint density at radius 1 is 1.14 bits per heavy atom. The van der Waals surface area contributed by atoms with Crippen molar-refractivity contribution < 1.29 is 9.84 Å². The van der Waals surface area contributed by atoms with E-state index in [0.717, 1.165) is 48.6 Å². The quantitative estimate of drug-likeness (QED) is 0.725. The maximum atomic E-state index is 12.6. The highest BCUT2D eigenvalue weighted by Crippen LogP contribution is 2.28. The number of aliphatic hydroxyl groups is 1. The van der Waals surface area contributed by atoms with Crippen LogP contribution in [0.25, 0.3) is 10.9 Å². The van der Waals surface area contributed by atoms with Crippen LogP contribution in [0.15, 0.2) is 53.3 Å². The monoisotopic (exact) mass is 378 g/mol. The van der Waals surface area contributed by atoms with Crippen molar-refractivity contribution in [2.24, 2.45) is 0 Å². The number of benzene rings is 2. The van der Waals surface area contributed by atoms with E-state index >= 15 is 0 Å². The molecule has 1 aliphatic heterocycles. The van der Waals surface area contributed by atoms with E-state index in [1.807, 2.05) is 56.3 Å². The summed E-state index contributed by atoms with van der Waals surface area (Å²) in [6.45, 7) is 5.70. The Hall–Kier alpha value is -2.79. The van der Waals surface area contributed by atoms with Gasteiger partial charge >= 0.3 is 0 Å². The molecule has 2 N–H and O–H groups in total. The van der Waals surface area contributed by atoms with Crippen LogP contribution in [-0.4, -0.2) is 28.8 Å². The molecule has 1 aromatic heterocycles. The number of aromatic nitrogens is 1. The highest BCUT2D eigenvalue weighted by molar-refractivity contribution is 5.79. The summed E-state index contributed by atoms with van der Waals surface area (Å²) in [6, 6.07) is 15.5. The van der Waals surface area contributed by atoms with Crippen LogP contribution in [0.5, 0.6) is 5.75 Å². The second-order valence-electron chi connectivity index (χ2n) is 7.87. The zero-order chi connectivity index (χ0) is 19.7. The van der Waals surface area contributed by atoms with Gasteiger partial charge in [0.05, 0.1) is 11.3 Å². The number of nitrogens with one attached hydrogen (secondary N) is 1. The van der Waals surface area contributed by atoms with Gasteiger partial charge in [-0.05, 0) is 51.0 Å². The first-order valence-corrected chi connectivity index (χ1v) is 9.74. The van der Waals surface area contributed by atoms with Gasteiger partial charge in [0.1, 0.15) is 12.4 Å². The Bertz CT molecular complexity index is 1050. The first-order chi connectivity index (χ1) is 13.4. The highest BCUT2D eigenvalue weighted by Gasteiger charge is 2.27. The molecule has 3 aromatic rings. The number of para-hydroxylation sites is 1. The predicted octanol–water partition coefficient (Wildman–Crippen LogP) is 3.77. The number of fused-ring (bicyclic) bond motifs is 1. The Balaban J connectivity index is 1.51. The number of hydrogen-bond donors (Lipinski definition) is 2. The van der Waals surface area contributed by atoms with Gasteiger partial charge in [0.2, 0.25) is 0 Å². The molecule has 0 spiro atoms. The molecule has 1 saturated heterocycles. The first kappa shape index (κ1) is 18.6. The molecule has 0 radical (unpaired) electrons. The van der Waals surface area contributed by atoms with Crippen molar-refractivity contribution in [2.45, 2.75) is 38.9 Å². The Labute approximate surface area is 164 Å². The molecule has 0 amide bonds. The number of ether oxygens (including phenoxy) is 1. The average Bonchev–Trinajstić information content (AvgIpc) is 2.70. The number of nitrogens with zero attached hydrogens (tertiary/aromatic N) is 1. The van der Waals surface area contributed by atoms with Gasteiger partial charge in [0.15, 0.2) is 5.43 Å². The maximum Gasteiger partial charge on any atom is 0.192 e. The third-order valence-electron chi connectivity index (χ3n) is 5.66. The SMILES string of the molecule is Cc1c(COc2cccc(N3CCC(C)(O)CC3)c2)[nH]c2ccccc2c1=O. The number of H-pyrrole nitrogens is 1. The summed E-state index contributed by atoms with van der Waals surface area (Å²) in [5.74, 6) is 0.767. The zero-order valence-corrected chi connectivity index (χ0v) is 16.4. The van der Waals surface area contributed by atoms with Gasteiger partial charge in [-0.15, -0.1) is 0 Å². The summed E-state index contributed by atoms with van der Waals surface area (Å²) >= 11 is 0. The normalized spacial score (nSPS) is 16.3. The maximum absolute atomic E-state index is 12.6. The van der Waals surface area contributed by atoms with Gasteiger partial charge in [-0.2, -0.15) is 0 Å². The molecule has 0 saturated carbocycles. The van der Waals surface area contributed by atoms with Crippen LogP contribution in [0.3, 0.4) is 0 Å². The van der Waals surface area contributed by atoms with Crippen molar-refractivity contribution >= 4 is 16.6 Å². The molecule has 0 bridgehead atoms. The van der Waals surface area contributed by atoms with E-state index in [0.29, 0.717) is 17.6 Å². The third-order valence-corrected chi connectivity index (χ3v) is 5.66. The van der Waals surface area contributed by atoms with Crippen molar-refractivity contribution in [2.75, 3.05) is 18.0 Å². The van der Waals surface area contributed by atoms with E-state index in [1.165, 1.54) is 0 Å². The first-order valence-electron chi connectivity index (χ1n) is 9.74. The van der Waals surface area contributed by atoms with Crippen LogP contribution < -0.4 is 15.1 Å². The molecule has 1 fully saturated rings. The van der Waals surface area contributed by atoms with E-state index < -0.39 is 5.60 Å². The molecule has 4 rings (SSSR count). The number of anilines is 1. The standard InChI is InChI=1S/C23H26N2O3/c1-16-21(24-20-9-4-3-8-19(20)22(16)26)15-28-18-7-5-6-17(14-18)25-12-10-23(2,27)11-13-25/h3-9,14,27H,10-13,15H2,1-2H3,(H,24,26). The van der Waals surface area contributed by atoms with E-state index in [1.54, 1.807) is 0 Å².